The zero-order chi connectivity index (χ0) is 14.5. The average molecular weight is 276 g/mol. The van der Waals surface area contributed by atoms with E-state index in [0.29, 0.717) is 0 Å². The highest BCUT2D eigenvalue weighted by Crippen LogP contribution is 2.08. The summed E-state index contributed by atoms with van der Waals surface area (Å²) >= 11 is 0. The van der Waals surface area contributed by atoms with Crippen LogP contribution in [0.25, 0.3) is 0 Å². The second-order valence-electron chi connectivity index (χ2n) is 6.03. The molecule has 0 amide bonds. The second kappa shape index (κ2) is 11.9. The predicted octanol–water partition coefficient (Wildman–Crippen LogP) is 5.46. The molecule has 0 fully saturated rings. The zero-order valence-corrected chi connectivity index (χ0v) is 13.7. The summed E-state index contributed by atoms with van der Waals surface area (Å²) in [4.78, 5) is 0. The average Bonchev–Trinajstić information content (AvgIpc) is 2.48. The van der Waals surface area contributed by atoms with E-state index in [-0.39, 0.29) is 0 Å². The van der Waals surface area contributed by atoms with E-state index in [2.05, 4.69) is 42.9 Å². The summed E-state index contributed by atoms with van der Waals surface area (Å²) in [6, 6.07) is 4.47. The van der Waals surface area contributed by atoms with Gasteiger partial charge in [-0.1, -0.05) is 58.8 Å². The molecule has 1 aromatic heterocycles. The Bertz CT molecular complexity index is 332. The number of rotatable bonds is 12. The molecule has 0 unspecified atom stereocenters. The molecule has 1 heteroatoms. The fraction of sp³-hybridized carbons (Fsp3) is 0.737. The van der Waals surface area contributed by atoms with Gasteiger partial charge in [-0.2, -0.15) is 0 Å². The Morgan fingerprint density at radius 3 is 2.15 bits per heavy atom. The summed E-state index contributed by atoms with van der Waals surface area (Å²) in [6.45, 7) is 5.73. The predicted molar refractivity (Wildman–Crippen MR) is 87.9 cm³/mol. The van der Waals surface area contributed by atoms with E-state index < -0.39 is 0 Å². The van der Waals surface area contributed by atoms with Gasteiger partial charge in [-0.25, -0.2) is 4.57 Å². The number of aryl methyl sites for hydroxylation is 2. The van der Waals surface area contributed by atoms with Gasteiger partial charge in [0.25, 0.3) is 0 Å². The van der Waals surface area contributed by atoms with Crippen LogP contribution in [0.1, 0.15) is 83.6 Å². The molecule has 0 aliphatic heterocycles. The molecule has 114 valence electrons. The van der Waals surface area contributed by atoms with Crippen molar-refractivity contribution in [2.45, 2.75) is 91.0 Å². The van der Waals surface area contributed by atoms with Crippen molar-refractivity contribution >= 4 is 0 Å². The standard InChI is InChI=1S/C19H34N/c1-3-5-7-8-9-10-11-12-16-20-17-13-15-19(18-20)14-6-4-2/h13,15,17-18H,3-12,14,16H2,1-2H3/q+1. The smallest absolute Gasteiger partial charge is 0.171 e. The molecule has 0 spiro atoms. The largest absolute Gasteiger partial charge is 0.205 e. The normalized spacial score (nSPS) is 10.9. The lowest BCUT2D eigenvalue weighted by molar-refractivity contribution is -0.697. The number of nitrogens with zero attached hydrogens (tertiary/aromatic N) is 1. The summed E-state index contributed by atoms with van der Waals surface area (Å²) in [5.41, 5.74) is 1.49. The van der Waals surface area contributed by atoms with Crippen molar-refractivity contribution in [2.75, 3.05) is 0 Å². The highest BCUT2D eigenvalue weighted by molar-refractivity contribution is 5.05. The number of aromatic nitrogens is 1. The van der Waals surface area contributed by atoms with Gasteiger partial charge in [0.15, 0.2) is 12.4 Å². The fourth-order valence-electron chi connectivity index (χ4n) is 2.67. The van der Waals surface area contributed by atoms with E-state index in [1.165, 1.54) is 82.7 Å². The number of hydrogen-bond donors (Lipinski definition) is 0. The van der Waals surface area contributed by atoms with Crippen molar-refractivity contribution in [3.05, 3.63) is 30.1 Å². The van der Waals surface area contributed by atoms with E-state index >= 15 is 0 Å². The van der Waals surface area contributed by atoms with E-state index in [1.54, 1.807) is 0 Å². The number of hydrogen-bond acceptors (Lipinski definition) is 0. The second-order valence-corrected chi connectivity index (χ2v) is 6.03. The lowest BCUT2D eigenvalue weighted by Gasteiger charge is -2.02. The molecule has 0 radical (unpaired) electrons. The molecule has 0 bridgehead atoms. The van der Waals surface area contributed by atoms with Crippen molar-refractivity contribution in [3.63, 3.8) is 0 Å². The molecule has 0 saturated carbocycles. The molecular formula is C19H34N+. The molecule has 0 aliphatic rings. The van der Waals surface area contributed by atoms with Crippen LogP contribution in [0.3, 0.4) is 0 Å². The van der Waals surface area contributed by atoms with Gasteiger partial charge >= 0.3 is 0 Å². The Labute approximate surface area is 126 Å². The van der Waals surface area contributed by atoms with Crippen LogP contribution < -0.4 is 4.57 Å². The summed E-state index contributed by atoms with van der Waals surface area (Å²) < 4.78 is 2.38. The molecule has 1 aromatic rings. The molecule has 1 nitrogen and oxygen atoms in total. The van der Waals surface area contributed by atoms with Gasteiger partial charge in [-0.3, -0.25) is 0 Å². The quantitative estimate of drug-likeness (QED) is 0.353. The molecule has 0 atom stereocenters. The van der Waals surface area contributed by atoms with E-state index in [0.717, 1.165) is 0 Å². The third-order valence-corrected chi connectivity index (χ3v) is 4.01. The minimum atomic E-state index is 1.19. The third-order valence-electron chi connectivity index (χ3n) is 4.01. The first-order valence-electron chi connectivity index (χ1n) is 8.84. The Balaban J connectivity index is 2.09. The summed E-state index contributed by atoms with van der Waals surface area (Å²) in [5.74, 6) is 0. The van der Waals surface area contributed by atoms with Gasteiger partial charge < -0.3 is 0 Å². The Morgan fingerprint density at radius 2 is 1.45 bits per heavy atom. The third kappa shape index (κ3) is 8.35. The van der Waals surface area contributed by atoms with Crippen molar-refractivity contribution < 1.29 is 4.57 Å². The topological polar surface area (TPSA) is 3.88 Å². The molecule has 1 heterocycles. The van der Waals surface area contributed by atoms with Gasteiger partial charge in [0.2, 0.25) is 0 Å². The van der Waals surface area contributed by atoms with Crippen LogP contribution >= 0.6 is 0 Å². The van der Waals surface area contributed by atoms with Crippen LogP contribution in [-0.4, -0.2) is 0 Å². The number of unbranched alkanes of at least 4 members (excludes halogenated alkanes) is 8. The minimum absolute atomic E-state index is 1.19. The molecule has 0 aromatic carbocycles. The lowest BCUT2D eigenvalue weighted by Crippen LogP contribution is -2.33. The van der Waals surface area contributed by atoms with Crippen molar-refractivity contribution in [2.24, 2.45) is 0 Å². The Kier molecular flexibility index (Phi) is 10.3. The Hall–Kier alpha value is -0.850. The van der Waals surface area contributed by atoms with Crippen molar-refractivity contribution in [1.82, 2.24) is 0 Å². The van der Waals surface area contributed by atoms with Crippen LogP contribution in [0.15, 0.2) is 24.5 Å². The van der Waals surface area contributed by atoms with Crippen molar-refractivity contribution in [3.8, 4) is 0 Å². The lowest BCUT2D eigenvalue weighted by atomic mass is 10.1. The minimum Gasteiger partial charge on any atom is -0.205 e. The summed E-state index contributed by atoms with van der Waals surface area (Å²) in [7, 11) is 0. The summed E-state index contributed by atoms with van der Waals surface area (Å²) in [6.07, 6.45) is 19.6. The molecule has 0 saturated heterocycles. The first-order chi connectivity index (χ1) is 9.86. The molecule has 20 heavy (non-hydrogen) atoms. The maximum Gasteiger partial charge on any atom is 0.171 e. The SMILES string of the molecule is CCCCCCCCCC[n+]1cccc(CCCC)c1. The van der Waals surface area contributed by atoms with Gasteiger partial charge in [-0.15, -0.1) is 0 Å². The van der Waals surface area contributed by atoms with Crippen LogP contribution in [0.5, 0.6) is 0 Å². The highest BCUT2D eigenvalue weighted by Gasteiger charge is 2.02. The molecule has 1 rings (SSSR count). The first kappa shape index (κ1) is 17.2. The van der Waals surface area contributed by atoms with Gasteiger partial charge in [-0.05, 0) is 25.3 Å². The van der Waals surface area contributed by atoms with Crippen LogP contribution in [0.4, 0.5) is 0 Å². The molecular weight excluding hydrogens is 242 g/mol. The van der Waals surface area contributed by atoms with Crippen molar-refractivity contribution in [1.29, 1.82) is 0 Å². The molecule has 0 aliphatic carbocycles. The van der Waals surface area contributed by atoms with E-state index in [4.69, 9.17) is 0 Å². The van der Waals surface area contributed by atoms with Gasteiger partial charge in [0.1, 0.15) is 6.54 Å². The zero-order valence-electron chi connectivity index (χ0n) is 13.7. The van der Waals surface area contributed by atoms with Gasteiger partial charge in [0.05, 0.1) is 0 Å². The summed E-state index contributed by atoms with van der Waals surface area (Å²) in [5, 5.41) is 0. The Morgan fingerprint density at radius 1 is 0.800 bits per heavy atom. The first-order valence-corrected chi connectivity index (χ1v) is 8.84. The number of pyridine rings is 1. The van der Waals surface area contributed by atoms with E-state index in [1.807, 2.05) is 0 Å². The maximum atomic E-state index is 2.38. The van der Waals surface area contributed by atoms with Crippen LogP contribution in [0.2, 0.25) is 0 Å². The van der Waals surface area contributed by atoms with Crippen LogP contribution in [0, 0.1) is 0 Å². The monoisotopic (exact) mass is 276 g/mol. The van der Waals surface area contributed by atoms with E-state index in [9.17, 15) is 0 Å². The highest BCUT2D eigenvalue weighted by atomic mass is 14.9. The van der Waals surface area contributed by atoms with Crippen LogP contribution in [-0.2, 0) is 13.0 Å². The fourth-order valence-corrected chi connectivity index (χ4v) is 2.67. The van der Waals surface area contributed by atoms with Gasteiger partial charge in [0, 0.05) is 18.1 Å². The maximum absolute atomic E-state index is 2.38. The molecule has 0 N–H and O–H groups in total.